The van der Waals surface area contributed by atoms with E-state index in [1.807, 2.05) is 73.3 Å². The number of fused-ring (bicyclic) bond motifs is 3. The Morgan fingerprint density at radius 2 is 1.02 bits per heavy atom. The molecule has 0 aliphatic carbocycles. The quantitative estimate of drug-likeness (QED) is 0.116. The van der Waals surface area contributed by atoms with Gasteiger partial charge in [-0.2, -0.15) is 22.4 Å². The molecule has 6 aromatic heterocycles. The van der Waals surface area contributed by atoms with Gasteiger partial charge in [-0.15, -0.1) is 0 Å². The maximum atomic E-state index is 9.59. The molecule has 14 nitrogen and oxygen atoms in total. The number of esters is 1. The van der Waals surface area contributed by atoms with Crippen LogP contribution in [-0.4, -0.2) is 91.0 Å². The number of carbonyl (C=O) groups excluding carboxylic acids is 1. The second kappa shape index (κ2) is 29.3. The van der Waals surface area contributed by atoms with Gasteiger partial charge in [0.05, 0.1) is 24.2 Å². The van der Waals surface area contributed by atoms with E-state index in [0.717, 1.165) is 51.1 Å². The Labute approximate surface area is 351 Å². The average Bonchev–Trinajstić information content (AvgIpc) is 3.69. The van der Waals surface area contributed by atoms with Gasteiger partial charge in [0.1, 0.15) is 39.8 Å². The SMILES string of the molecule is CCO.CCO.COC(C)=O.Cc1nc(C)n2ccnc(Cl)c12.Cc1nc(C)n2ccnc(Cl)c12.Cc1nc(C)n2ccnc(N)c12.[B]I.[B][I-]I. The van der Waals surface area contributed by atoms with Crippen molar-refractivity contribution < 1.29 is 36.8 Å². The minimum atomic E-state index is -0.245. The molecule has 0 atom stereocenters. The molecule has 52 heavy (non-hydrogen) atoms. The molecule has 6 aromatic rings. The summed E-state index contributed by atoms with van der Waals surface area (Å²) in [5.74, 6) is 3.11. The first-order valence-electron chi connectivity index (χ1n) is 15.0. The first kappa shape index (κ1) is 52.1. The van der Waals surface area contributed by atoms with Crippen LogP contribution >= 0.6 is 64.2 Å². The molecule has 0 unspecified atom stereocenters. The summed E-state index contributed by atoms with van der Waals surface area (Å²) in [7, 11) is 1.35. The molecule has 0 aromatic carbocycles. The average molecular weight is 1090 g/mol. The molecule has 0 saturated carbocycles. The molecule has 0 bridgehead atoms. The molecular formula is C31H44B2Cl2I3N10O4-. The number of ether oxygens (including phenoxy) is 1. The summed E-state index contributed by atoms with van der Waals surface area (Å²) in [5, 5.41) is 16.2. The van der Waals surface area contributed by atoms with Crippen molar-refractivity contribution in [1.82, 2.24) is 43.1 Å². The van der Waals surface area contributed by atoms with Gasteiger partial charge in [0.15, 0.2) is 16.0 Å². The zero-order chi connectivity index (χ0) is 40.6. The second-order valence-corrected chi connectivity index (χ2v) is 13.9. The van der Waals surface area contributed by atoms with E-state index in [2.05, 4.69) is 59.0 Å². The molecule has 0 spiro atoms. The van der Waals surface area contributed by atoms with E-state index in [9.17, 15) is 4.79 Å². The Bertz CT molecular complexity index is 1710. The number of carbonyl (C=O) groups is 1. The zero-order valence-electron chi connectivity index (χ0n) is 30.7. The number of halogens is 5. The van der Waals surface area contributed by atoms with Crippen molar-refractivity contribution in [3.05, 3.63) is 82.0 Å². The number of aromatic nitrogens is 9. The molecule has 0 aliphatic heterocycles. The summed E-state index contributed by atoms with van der Waals surface area (Å²) < 4.78 is 9.92. The van der Waals surface area contributed by atoms with Crippen LogP contribution < -0.4 is 22.7 Å². The number of aryl methyl sites for hydroxylation is 6. The number of aliphatic hydroxyl groups excluding tert-OH is 2. The summed E-state index contributed by atoms with van der Waals surface area (Å²) in [4.78, 5) is 34.4. The number of anilines is 1. The Kier molecular flexibility index (Phi) is 29.4. The van der Waals surface area contributed by atoms with Crippen LogP contribution in [0.1, 0.15) is 55.3 Å². The van der Waals surface area contributed by atoms with Crippen LogP contribution in [0.2, 0.25) is 10.3 Å². The molecule has 0 fully saturated rings. The molecule has 0 aliphatic rings. The van der Waals surface area contributed by atoms with Gasteiger partial charge in [0, 0.05) is 57.3 Å². The number of nitrogens with zero attached hydrogens (tertiary/aromatic N) is 9. The van der Waals surface area contributed by atoms with E-state index in [1.54, 1.807) is 54.8 Å². The van der Waals surface area contributed by atoms with E-state index in [-0.39, 0.29) is 36.2 Å². The van der Waals surface area contributed by atoms with Crippen molar-refractivity contribution in [2.45, 2.75) is 62.3 Å². The molecule has 0 amide bonds. The molecule has 6 heterocycles. The van der Waals surface area contributed by atoms with Gasteiger partial charge < -0.3 is 20.7 Å². The van der Waals surface area contributed by atoms with Crippen molar-refractivity contribution in [1.29, 1.82) is 0 Å². The van der Waals surface area contributed by atoms with Crippen LogP contribution in [0.15, 0.2) is 37.2 Å². The van der Waals surface area contributed by atoms with E-state index >= 15 is 0 Å². The first-order valence-corrected chi connectivity index (χ1v) is 24.5. The molecule has 4 N–H and O–H groups in total. The Morgan fingerprint density at radius 1 is 0.769 bits per heavy atom. The van der Waals surface area contributed by atoms with Gasteiger partial charge >= 0.3 is 47.3 Å². The summed E-state index contributed by atoms with van der Waals surface area (Å²) in [5.41, 5.74) is 20.6. The predicted octanol–water partition coefficient (Wildman–Crippen LogP) is 3.12. The molecular weight excluding hydrogens is 1050 g/mol. The van der Waals surface area contributed by atoms with E-state index in [1.165, 1.54) is 14.0 Å². The fourth-order valence-electron chi connectivity index (χ4n) is 4.10. The van der Waals surface area contributed by atoms with Crippen LogP contribution in [0.4, 0.5) is 5.82 Å². The summed E-state index contributed by atoms with van der Waals surface area (Å²) >= 11 is 15.7. The summed E-state index contributed by atoms with van der Waals surface area (Å²) in [6.45, 7) is 16.8. The molecule has 4 radical (unpaired) electrons. The van der Waals surface area contributed by atoms with E-state index in [0.29, 0.717) is 16.1 Å². The molecule has 21 heteroatoms. The van der Waals surface area contributed by atoms with Gasteiger partial charge in [0.2, 0.25) is 0 Å². The van der Waals surface area contributed by atoms with Crippen molar-refractivity contribution in [3.63, 3.8) is 0 Å². The monoisotopic (exact) mass is 1090 g/mol. The Balaban J connectivity index is 0. The number of hydrogen-bond donors (Lipinski definition) is 3. The zero-order valence-corrected chi connectivity index (χ0v) is 38.7. The number of methoxy groups -OCH3 is 1. The van der Waals surface area contributed by atoms with Gasteiger partial charge in [-0.25, -0.2) is 29.9 Å². The fourth-order valence-corrected chi connectivity index (χ4v) is 4.67. The number of hydrogen-bond acceptors (Lipinski definition) is 11. The fraction of sp³-hybridized carbons (Fsp3) is 0.387. The van der Waals surface area contributed by atoms with Crippen LogP contribution in [0.3, 0.4) is 0 Å². The minimum absolute atomic E-state index is 0.0600. The third-order valence-corrected chi connectivity index (χ3v) is 6.50. The topological polar surface area (TPSA) is 183 Å². The third kappa shape index (κ3) is 17.4. The van der Waals surface area contributed by atoms with Gasteiger partial charge in [-0.1, -0.05) is 23.2 Å². The summed E-state index contributed by atoms with van der Waals surface area (Å²) in [6.07, 6.45) is 10.6. The molecule has 284 valence electrons. The van der Waals surface area contributed by atoms with Crippen molar-refractivity contribution in [3.8, 4) is 0 Å². The first-order chi connectivity index (χ1) is 24.6. The predicted molar refractivity (Wildman–Crippen MR) is 225 cm³/mol. The second-order valence-electron chi connectivity index (χ2n) is 9.55. The number of nitrogens with two attached hydrogens (primary N) is 1. The normalized spacial score (nSPS) is 9.38. The standard InChI is InChI=1S/2C8H8ClN3.C8H10N4.C3H6O2.2C2H6O.BI2.BI/c3*1-5-7-8(9)10-3-4-12(7)6(2)11-5;1-3(4)5-2;2*1-2-3;1-3-2;1-2/h2*3-4H,1-2H3;3-4H,1-2H3,(H2,9,10);1-2H3;2*3H,2H2,1H3;;/q;;;;;;-1;. The number of nitrogen functional groups attached to an aromatic ring is 1. The van der Waals surface area contributed by atoms with Crippen LogP contribution in [0, 0.1) is 41.5 Å². The Morgan fingerprint density at radius 3 is 1.27 bits per heavy atom. The van der Waals surface area contributed by atoms with Crippen molar-refractivity contribution >= 4 is 104 Å². The Hall–Kier alpha value is -2.05. The van der Waals surface area contributed by atoms with Crippen LogP contribution in [-0.2, 0) is 9.53 Å². The maximum absolute atomic E-state index is 9.59. The van der Waals surface area contributed by atoms with Crippen LogP contribution in [0.5, 0.6) is 0 Å². The van der Waals surface area contributed by atoms with Crippen molar-refractivity contribution in [2.24, 2.45) is 0 Å². The number of imidazole rings is 3. The van der Waals surface area contributed by atoms with Crippen LogP contribution in [0.25, 0.3) is 16.6 Å². The number of rotatable bonds is 0. The van der Waals surface area contributed by atoms with Gasteiger partial charge in [-0.3, -0.25) is 18.0 Å². The van der Waals surface area contributed by atoms with Crippen molar-refractivity contribution in [2.75, 3.05) is 26.1 Å². The van der Waals surface area contributed by atoms with Gasteiger partial charge in [-0.05, 0) is 55.4 Å². The van der Waals surface area contributed by atoms with E-state index < -0.39 is 0 Å². The molecule has 0 saturated heterocycles. The summed E-state index contributed by atoms with van der Waals surface area (Å²) in [6, 6.07) is 0. The van der Waals surface area contributed by atoms with Gasteiger partial charge in [0.25, 0.3) is 0 Å². The third-order valence-electron chi connectivity index (χ3n) is 5.94. The molecule has 6 rings (SSSR count). The number of aliphatic hydroxyl groups is 2. The van der Waals surface area contributed by atoms with E-state index in [4.69, 9.17) is 44.9 Å².